The van der Waals surface area contributed by atoms with Gasteiger partial charge in [-0.15, -0.1) is 0 Å². The summed E-state index contributed by atoms with van der Waals surface area (Å²) in [5, 5.41) is 16.9. The van der Waals surface area contributed by atoms with Crippen LogP contribution in [0.5, 0.6) is 0 Å². The van der Waals surface area contributed by atoms with Crippen LogP contribution >= 0.6 is 0 Å². The maximum Gasteiger partial charge on any atom is 0.336 e. The number of carboxylic acid groups (broad SMARTS) is 1. The highest BCUT2D eigenvalue weighted by molar-refractivity contribution is 7.91. The van der Waals surface area contributed by atoms with E-state index in [1.807, 2.05) is 0 Å². The fraction of sp³-hybridized carbons (Fsp3) is 0.444. The van der Waals surface area contributed by atoms with Gasteiger partial charge in [-0.25, -0.2) is 26.3 Å². The molecule has 0 atom stereocenters. The first-order valence-corrected chi connectivity index (χ1v) is 12.9. The predicted molar refractivity (Wildman–Crippen MR) is 112 cm³/mol. The van der Waals surface area contributed by atoms with Crippen LogP contribution in [-0.2, 0) is 36.6 Å². The Balaban J connectivity index is 3.12. The standard InChI is InChI=1S/C18H25N3O7S2/c1-5-12-14(18(22)23)13(11-29(3,24)25)15(19-8-10-28-2)17(30(4,26)27)16(12)21-9-6-7-20-21/h6-7,9,19H,5,8,10-11H2,1-4H3,(H,22,23). The van der Waals surface area contributed by atoms with Gasteiger partial charge in [-0.05, 0) is 18.1 Å². The first kappa shape index (κ1) is 23.8. The van der Waals surface area contributed by atoms with Crippen molar-refractivity contribution < 1.29 is 31.5 Å². The quantitative estimate of drug-likeness (QED) is 0.500. The number of methoxy groups -OCH3 is 1. The van der Waals surface area contributed by atoms with Gasteiger partial charge in [0.25, 0.3) is 0 Å². The van der Waals surface area contributed by atoms with Gasteiger partial charge in [0, 0.05) is 44.1 Å². The van der Waals surface area contributed by atoms with E-state index >= 15 is 0 Å². The van der Waals surface area contributed by atoms with Gasteiger partial charge >= 0.3 is 5.97 Å². The van der Waals surface area contributed by atoms with Crippen molar-refractivity contribution in [3.05, 3.63) is 35.2 Å². The molecule has 0 fully saturated rings. The van der Waals surface area contributed by atoms with Crippen molar-refractivity contribution in [2.45, 2.75) is 24.0 Å². The van der Waals surface area contributed by atoms with Gasteiger partial charge in [-0.3, -0.25) is 0 Å². The summed E-state index contributed by atoms with van der Waals surface area (Å²) in [5.41, 5.74) is -0.155. The minimum atomic E-state index is -3.93. The van der Waals surface area contributed by atoms with Crippen molar-refractivity contribution in [1.29, 1.82) is 0 Å². The molecule has 1 heterocycles. The van der Waals surface area contributed by atoms with Crippen LogP contribution in [0.3, 0.4) is 0 Å². The molecule has 30 heavy (non-hydrogen) atoms. The van der Waals surface area contributed by atoms with E-state index in [4.69, 9.17) is 4.74 Å². The lowest BCUT2D eigenvalue weighted by Crippen LogP contribution is -2.22. The summed E-state index contributed by atoms with van der Waals surface area (Å²) in [4.78, 5) is 12.0. The highest BCUT2D eigenvalue weighted by Gasteiger charge is 2.33. The van der Waals surface area contributed by atoms with Gasteiger partial charge in [0.05, 0.1) is 29.3 Å². The first-order valence-electron chi connectivity index (χ1n) is 8.98. The summed E-state index contributed by atoms with van der Waals surface area (Å²) in [6.07, 6.45) is 5.04. The van der Waals surface area contributed by atoms with E-state index in [1.165, 1.54) is 24.2 Å². The zero-order chi connectivity index (χ0) is 22.7. The zero-order valence-corrected chi connectivity index (χ0v) is 18.8. The molecule has 0 bridgehead atoms. The fourth-order valence-electron chi connectivity index (χ4n) is 3.30. The second kappa shape index (κ2) is 9.14. The lowest BCUT2D eigenvalue weighted by molar-refractivity contribution is 0.0694. The lowest BCUT2D eigenvalue weighted by Gasteiger charge is -2.24. The molecule has 0 aliphatic rings. The van der Waals surface area contributed by atoms with E-state index < -0.39 is 31.4 Å². The summed E-state index contributed by atoms with van der Waals surface area (Å²) in [5.74, 6) is -1.99. The molecule has 2 rings (SSSR count). The number of aromatic carboxylic acids is 1. The SMILES string of the molecule is CCc1c(C(=O)O)c(CS(C)(=O)=O)c(NCCOC)c(S(C)(=O)=O)c1-n1cccn1. The van der Waals surface area contributed by atoms with Crippen LogP contribution in [0.4, 0.5) is 5.69 Å². The number of aromatic nitrogens is 2. The first-order chi connectivity index (χ1) is 13.9. The maximum absolute atomic E-state index is 12.9. The van der Waals surface area contributed by atoms with E-state index in [2.05, 4.69) is 10.4 Å². The monoisotopic (exact) mass is 459 g/mol. The fourth-order valence-corrected chi connectivity index (χ4v) is 5.24. The van der Waals surface area contributed by atoms with Crippen LogP contribution in [-0.4, -0.2) is 70.5 Å². The molecule has 0 saturated carbocycles. The van der Waals surface area contributed by atoms with Crippen LogP contribution in [0.15, 0.2) is 23.4 Å². The van der Waals surface area contributed by atoms with Gasteiger partial charge in [-0.1, -0.05) is 6.92 Å². The topological polar surface area (TPSA) is 145 Å². The largest absolute Gasteiger partial charge is 0.478 e. The number of sulfone groups is 2. The highest BCUT2D eigenvalue weighted by atomic mass is 32.2. The summed E-state index contributed by atoms with van der Waals surface area (Å²) in [7, 11) is -6.17. The molecule has 0 radical (unpaired) electrons. The number of anilines is 1. The van der Waals surface area contributed by atoms with E-state index in [9.17, 15) is 26.7 Å². The van der Waals surface area contributed by atoms with Crippen molar-refractivity contribution in [3.63, 3.8) is 0 Å². The van der Waals surface area contributed by atoms with E-state index in [-0.39, 0.29) is 52.5 Å². The molecule has 0 aliphatic heterocycles. The second-order valence-corrected chi connectivity index (χ2v) is 10.8. The molecule has 2 N–H and O–H groups in total. The van der Waals surface area contributed by atoms with Gasteiger partial charge in [0.2, 0.25) is 0 Å². The number of carbonyl (C=O) groups is 1. The minimum absolute atomic E-state index is 0.0694. The van der Waals surface area contributed by atoms with Crippen LogP contribution in [0.25, 0.3) is 5.69 Å². The predicted octanol–water partition coefficient (Wildman–Crippen LogP) is 1.14. The summed E-state index contributed by atoms with van der Waals surface area (Å²) < 4.78 is 56.2. The zero-order valence-electron chi connectivity index (χ0n) is 17.2. The van der Waals surface area contributed by atoms with Gasteiger partial charge < -0.3 is 15.2 Å². The molecule has 166 valence electrons. The maximum atomic E-state index is 12.9. The van der Waals surface area contributed by atoms with Crippen molar-refractivity contribution in [2.24, 2.45) is 0 Å². The normalized spacial score (nSPS) is 12.1. The van der Waals surface area contributed by atoms with Crippen molar-refractivity contribution in [2.75, 3.05) is 38.1 Å². The average Bonchev–Trinajstić information content (AvgIpc) is 3.13. The number of benzene rings is 1. The smallest absolute Gasteiger partial charge is 0.336 e. The Kier molecular flexibility index (Phi) is 7.27. The number of nitrogens with one attached hydrogen (secondary N) is 1. The number of hydrogen-bond acceptors (Lipinski definition) is 8. The summed E-state index contributed by atoms with van der Waals surface area (Å²) in [6, 6.07) is 1.58. The van der Waals surface area contributed by atoms with Gasteiger partial charge in [0.1, 0.15) is 4.90 Å². The van der Waals surface area contributed by atoms with E-state index in [0.29, 0.717) is 0 Å². The molecule has 0 saturated heterocycles. The Hall–Kier alpha value is -2.44. The van der Waals surface area contributed by atoms with Gasteiger partial charge in [0.15, 0.2) is 19.7 Å². The van der Waals surface area contributed by atoms with Crippen LogP contribution in [0.1, 0.15) is 28.4 Å². The Morgan fingerprint density at radius 2 is 1.90 bits per heavy atom. The third kappa shape index (κ3) is 5.18. The Labute approximate surface area is 175 Å². The number of rotatable bonds is 10. The van der Waals surface area contributed by atoms with Crippen molar-refractivity contribution in [3.8, 4) is 5.69 Å². The minimum Gasteiger partial charge on any atom is -0.478 e. The highest BCUT2D eigenvalue weighted by Crippen LogP contribution is 2.39. The molecular weight excluding hydrogens is 434 g/mol. The molecule has 12 heteroatoms. The molecule has 2 aromatic rings. The summed E-state index contributed by atoms with van der Waals surface area (Å²) >= 11 is 0. The van der Waals surface area contributed by atoms with E-state index in [1.54, 1.807) is 13.0 Å². The molecule has 0 aliphatic carbocycles. The Morgan fingerprint density at radius 3 is 2.33 bits per heavy atom. The molecule has 0 spiro atoms. The Morgan fingerprint density at radius 1 is 1.23 bits per heavy atom. The van der Waals surface area contributed by atoms with Crippen LogP contribution < -0.4 is 5.32 Å². The van der Waals surface area contributed by atoms with Crippen molar-refractivity contribution in [1.82, 2.24) is 9.78 Å². The lowest BCUT2D eigenvalue weighted by atomic mass is 9.95. The number of ether oxygens (including phenoxy) is 1. The third-order valence-corrected chi connectivity index (χ3v) is 6.27. The van der Waals surface area contributed by atoms with E-state index in [0.717, 1.165) is 12.5 Å². The van der Waals surface area contributed by atoms with Gasteiger partial charge in [-0.2, -0.15) is 5.10 Å². The van der Waals surface area contributed by atoms with Crippen LogP contribution in [0, 0.1) is 0 Å². The number of carboxylic acids is 1. The second-order valence-electron chi connectivity index (χ2n) is 6.76. The molecular formula is C18H25N3O7S2. The molecule has 0 amide bonds. The Bertz CT molecular complexity index is 1140. The number of hydrogen-bond donors (Lipinski definition) is 2. The summed E-state index contributed by atoms with van der Waals surface area (Å²) in [6.45, 7) is 2.00. The molecule has 1 aromatic carbocycles. The third-order valence-electron chi connectivity index (χ3n) is 4.32. The average molecular weight is 460 g/mol. The number of nitrogens with zero attached hydrogens (tertiary/aromatic N) is 2. The van der Waals surface area contributed by atoms with Crippen molar-refractivity contribution >= 4 is 31.3 Å². The molecule has 10 nitrogen and oxygen atoms in total. The van der Waals surface area contributed by atoms with Crippen LogP contribution in [0.2, 0.25) is 0 Å². The molecule has 0 unspecified atom stereocenters. The molecule has 1 aromatic heterocycles.